The molecule has 2 unspecified atom stereocenters. The lowest BCUT2D eigenvalue weighted by molar-refractivity contribution is -0.138. The third kappa shape index (κ3) is 1.93. The van der Waals surface area contributed by atoms with Gasteiger partial charge < -0.3 is 9.84 Å². The molecule has 4 rings (SSSR count). The average Bonchev–Trinajstić information content (AvgIpc) is 3.21. The van der Waals surface area contributed by atoms with Crippen LogP contribution in [0.25, 0.3) is 20.2 Å². The van der Waals surface area contributed by atoms with Crippen LogP contribution in [0.1, 0.15) is 10.4 Å². The molecular formula is C16H10O4S. The first-order chi connectivity index (χ1) is 10.1. The summed E-state index contributed by atoms with van der Waals surface area (Å²) in [5.74, 6) is -1.35. The minimum Gasteiger partial charge on any atom is -0.479 e. The minimum absolute atomic E-state index is 0.264. The molecule has 0 saturated carbocycles. The maximum atomic E-state index is 12.2. The van der Waals surface area contributed by atoms with Crippen LogP contribution < -0.4 is 0 Å². The van der Waals surface area contributed by atoms with E-state index in [0.717, 1.165) is 15.5 Å². The van der Waals surface area contributed by atoms with Crippen LogP contribution >= 0.6 is 11.3 Å². The zero-order valence-electron chi connectivity index (χ0n) is 10.8. The van der Waals surface area contributed by atoms with Gasteiger partial charge in [-0.3, -0.25) is 4.79 Å². The van der Waals surface area contributed by atoms with E-state index in [1.54, 1.807) is 17.4 Å². The van der Waals surface area contributed by atoms with E-state index >= 15 is 0 Å². The predicted octanol–water partition coefficient (Wildman–Crippen LogP) is 3.09. The first-order valence-corrected chi connectivity index (χ1v) is 7.30. The molecule has 21 heavy (non-hydrogen) atoms. The highest BCUT2D eigenvalue weighted by atomic mass is 32.1. The number of benzene rings is 2. The van der Waals surface area contributed by atoms with Gasteiger partial charge >= 0.3 is 5.97 Å². The van der Waals surface area contributed by atoms with Crippen LogP contribution in [0.15, 0.2) is 42.5 Å². The second kappa shape index (κ2) is 4.38. The Kier molecular flexibility index (Phi) is 2.60. The van der Waals surface area contributed by atoms with Crippen LogP contribution in [-0.2, 0) is 9.53 Å². The van der Waals surface area contributed by atoms with Crippen molar-refractivity contribution in [3.05, 3.63) is 48.0 Å². The molecule has 4 nitrogen and oxygen atoms in total. The van der Waals surface area contributed by atoms with Gasteiger partial charge in [0.15, 0.2) is 18.0 Å². The van der Waals surface area contributed by atoms with Crippen LogP contribution in [0.4, 0.5) is 0 Å². The number of carbonyl (C=O) groups excluding carboxylic acids is 1. The van der Waals surface area contributed by atoms with E-state index in [0.29, 0.717) is 5.56 Å². The largest absolute Gasteiger partial charge is 0.479 e. The summed E-state index contributed by atoms with van der Waals surface area (Å²) in [5, 5.41) is 11.0. The molecule has 3 aromatic rings. The summed E-state index contributed by atoms with van der Waals surface area (Å²) in [6.07, 6.45) is -1.84. The van der Waals surface area contributed by atoms with Crippen molar-refractivity contribution < 1.29 is 19.4 Å². The summed E-state index contributed by atoms with van der Waals surface area (Å²) >= 11 is 1.67. The maximum Gasteiger partial charge on any atom is 0.336 e. The van der Waals surface area contributed by atoms with Crippen molar-refractivity contribution in [3.8, 4) is 0 Å². The minimum atomic E-state index is -1.09. The van der Waals surface area contributed by atoms with Crippen LogP contribution in [0.2, 0.25) is 0 Å². The fourth-order valence-electron chi connectivity index (χ4n) is 2.54. The molecular weight excluding hydrogens is 288 g/mol. The zero-order chi connectivity index (χ0) is 14.6. The lowest BCUT2D eigenvalue weighted by Gasteiger charge is -1.98. The van der Waals surface area contributed by atoms with Crippen LogP contribution in [0, 0.1) is 0 Å². The molecule has 1 aliphatic rings. The number of Topliss-reactive ketones (excluding diaryl/α,β-unsaturated/α-hetero) is 1. The topological polar surface area (TPSA) is 66.9 Å². The van der Waals surface area contributed by atoms with Gasteiger partial charge in [0.1, 0.15) is 0 Å². The third-order valence-corrected chi connectivity index (χ3v) is 4.81. The quantitative estimate of drug-likeness (QED) is 0.596. The molecule has 2 heterocycles. The van der Waals surface area contributed by atoms with Crippen molar-refractivity contribution in [3.63, 3.8) is 0 Å². The van der Waals surface area contributed by atoms with Crippen LogP contribution in [0.3, 0.4) is 0 Å². The molecule has 1 saturated heterocycles. The van der Waals surface area contributed by atoms with Gasteiger partial charge in [0.05, 0.1) is 0 Å². The number of carboxylic acids is 1. The van der Waals surface area contributed by atoms with E-state index in [1.807, 2.05) is 36.4 Å². The molecule has 1 aliphatic heterocycles. The number of fused-ring (bicyclic) bond motifs is 3. The number of hydrogen-bond donors (Lipinski definition) is 1. The molecule has 1 aromatic heterocycles. The van der Waals surface area contributed by atoms with Crippen molar-refractivity contribution in [2.45, 2.75) is 12.2 Å². The second-order valence-corrected chi connectivity index (χ2v) is 6.07. The fourth-order valence-corrected chi connectivity index (χ4v) is 3.63. The Hall–Kier alpha value is -2.24. The van der Waals surface area contributed by atoms with E-state index in [1.165, 1.54) is 4.70 Å². The van der Waals surface area contributed by atoms with Crippen LogP contribution in [0.5, 0.6) is 0 Å². The van der Waals surface area contributed by atoms with Crippen molar-refractivity contribution in [1.82, 2.24) is 0 Å². The predicted molar refractivity (Wildman–Crippen MR) is 80.0 cm³/mol. The Labute approximate surface area is 123 Å². The molecule has 0 amide bonds. The van der Waals surface area contributed by atoms with Crippen molar-refractivity contribution in [2.75, 3.05) is 0 Å². The van der Waals surface area contributed by atoms with E-state index < -0.39 is 18.2 Å². The normalized spacial score (nSPS) is 20.8. The van der Waals surface area contributed by atoms with Crippen molar-refractivity contribution in [2.24, 2.45) is 0 Å². The van der Waals surface area contributed by atoms with Gasteiger partial charge in [-0.05, 0) is 24.3 Å². The summed E-state index contributed by atoms with van der Waals surface area (Å²) in [5.41, 5.74) is 0.500. The highest BCUT2D eigenvalue weighted by Crippen LogP contribution is 2.35. The number of carbonyl (C=O) groups is 2. The van der Waals surface area contributed by atoms with Crippen LogP contribution in [-0.4, -0.2) is 29.1 Å². The monoisotopic (exact) mass is 298 g/mol. The number of ketones is 1. The van der Waals surface area contributed by atoms with Gasteiger partial charge in [0.2, 0.25) is 0 Å². The van der Waals surface area contributed by atoms with Gasteiger partial charge in [0.25, 0.3) is 0 Å². The molecule has 0 spiro atoms. The van der Waals surface area contributed by atoms with E-state index in [2.05, 4.69) is 0 Å². The summed E-state index contributed by atoms with van der Waals surface area (Å²) in [6.45, 7) is 0. The molecule has 104 valence electrons. The first kappa shape index (κ1) is 12.5. The van der Waals surface area contributed by atoms with Gasteiger partial charge in [0, 0.05) is 25.7 Å². The van der Waals surface area contributed by atoms with Gasteiger partial charge in [-0.1, -0.05) is 18.2 Å². The number of epoxide rings is 1. The summed E-state index contributed by atoms with van der Waals surface area (Å²) in [7, 11) is 0. The Morgan fingerprint density at radius 3 is 2.52 bits per heavy atom. The summed E-state index contributed by atoms with van der Waals surface area (Å²) < 4.78 is 7.21. The molecule has 5 heteroatoms. The van der Waals surface area contributed by atoms with E-state index in [4.69, 9.17) is 9.84 Å². The maximum absolute atomic E-state index is 12.2. The van der Waals surface area contributed by atoms with Crippen molar-refractivity contribution >= 4 is 43.3 Å². The first-order valence-electron chi connectivity index (χ1n) is 6.49. The summed E-state index contributed by atoms with van der Waals surface area (Å²) in [6, 6.07) is 13.5. The molecule has 0 bridgehead atoms. The highest BCUT2D eigenvalue weighted by Gasteiger charge is 2.50. The fraction of sp³-hybridized carbons (Fsp3) is 0.125. The second-order valence-electron chi connectivity index (χ2n) is 4.99. The Morgan fingerprint density at radius 1 is 1.00 bits per heavy atom. The smallest absolute Gasteiger partial charge is 0.336 e. The molecule has 0 radical (unpaired) electrons. The number of ether oxygens (including phenoxy) is 1. The number of aliphatic carboxylic acids is 1. The standard InChI is InChI=1S/C16H10O4S/c17-13(14-15(20-14)16(18)19)8-5-6-12-10(7-8)9-3-1-2-4-11(9)21-12/h1-7,14-15H,(H,18,19). The number of hydrogen-bond acceptors (Lipinski definition) is 4. The van der Waals surface area contributed by atoms with Gasteiger partial charge in [-0.2, -0.15) is 0 Å². The Morgan fingerprint density at radius 2 is 1.76 bits per heavy atom. The number of rotatable bonds is 3. The third-order valence-electron chi connectivity index (χ3n) is 3.65. The molecule has 1 fully saturated rings. The lowest BCUT2D eigenvalue weighted by atomic mass is 10.0. The van der Waals surface area contributed by atoms with Gasteiger partial charge in [-0.15, -0.1) is 11.3 Å². The van der Waals surface area contributed by atoms with Gasteiger partial charge in [-0.25, -0.2) is 4.79 Å². The average molecular weight is 298 g/mol. The lowest BCUT2D eigenvalue weighted by Crippen LogP contribution is -2.15. The molecule has 1 N–H and O–H groups in total. The Balaban J connectivity index is 1.78. The summed E-state index contributed by atoms with van der Waals surface area (Å²) in [4.78, 5) is 23.0. The SMILES string of the molecule is O=C(O)C1OC1C(=O)c1ccc2sc3ccccc3c2c1. The zero-order valence-corrected chi connectivity index (χ0v) is 11.6. The van der Waals surface area contributed by atoms with E-state index in [9.17, 15) is 9.59 Å². The molecule has 2 aromatic carbocycles. The number of carboxylic acid groups (broad SMARTS) is 1. The molecule has 2 atom stereocenters. The van der Waals surface area contributed by atoms with E-state index in [-0.39, 0.29) is 5.78 Å². The molecule has 0 aliphatic carbocycles. The Bertz CT molecular complexity index is 896. The van der Waals surface area contributed by atoms with Crippen molar-refractivity contribution in [1.29, 1.82) is 0 Å². The highest BCUT2D eigenvalue weighted by molar-refractivity contribution is 7.25. The number of thiophene rings is 1.